The fourth-order valence-electron chi connectivity index (χ4n) is 3.69. The third-order valence-electron chi connectivity index (χ3n) is 5.44. The lowest BCUT2D eigenvalue weighted by molar-refractivity contribution is 0.0728. The fourth-order valence-corrected chi connectivity index (χ4v) is 7.15. The van der Waals surface area contributed by atoms with Crippen LogP contribution in [0.15, 0.2) is 33.9 Å². The average molecular weight is 476 g/mol. The number of likely N-dealkylation sites (tertiary alicyclic amines) is 1. The first-order valence-electron chi connectivity index (χ1n) is 10.2. The monoisotopic (exact) mass is 475 g/mol. The largest absolute Gasteiger partial charge is 0.338 e. The molecule has 1 aromatic carbocycles. The number of nitrogens with one attached hydrogen (secondary N) is 1. The van der Waals surface area contributed by atoms with Crippen LogP contribution in [0, 0.1) is 20.8 Å². The van der Waals surface area contributed by atoms with E-state index in [0.29, 0.717) is 21.3 Å². The van der Waals surface area contributed by atoms with Crippen LogP contribution in [0.5, 0.6) is 0 Å². The third-order valence-corrected chi connectivity index (χ3v) is 9.42. The van der Waals surface area contributed by atoms with Crippen molar-refractivity contribution in [1.82, 2.24) is 9.88 Å². The minimum Gasteiger partial charge on any atom is -0.338 e. The fraction of sp³-hybridized carbons (Fsp3) is 0.364. The molecule has 1 aliphatic heterocycles. The zero-order valence-corrected chi connectivity index (χ0v) is 20.2. The van der Waals surface area contributed by atoms with Gasteiger partial charge in [0, 0.05) is 24.0 Å². The second-order valence-corrected chi connectivity index (χ2v) is 11.6. The number of para-hydroxylation sites is 1. The molecular formula is C22H25N3O3S3. The molecule has 9 heteroatoms. The number of piperidine rings is 1. The van der Waals surface area contributed by atoms with Gasteiger partial charge < -0.3 is 4.90 Å². The highest BCUT2D eigenvalue weighted by atomic mass is 32.2. The Morgan fingerprint density at radius 3 is 2.45 bits per heavy atom. The Labute approximate surface area is 191 Å². The summed E-state index contributed by atoms with van der Waals surface area (Å²) in [6.07, 6.45) is 3.24. The molecule has 1 saturated heterocycles. The molecule has 0 bridgehead atoms. The van der Waals surface area contributed by atoms with E-state index in [4.69, 9.17) is 0 Å². The van der Waals surface area contributed by atoms with E-state index in [1.54, 1.807) is 11.4 Å². The molecule has 1 amide bonds. The molecule has 4 rings (SSSR count). The molecule has 6 nitrogen and oxygen atoms in total. The van der Waals surface area contributed by atoms with E-state index in [9.17, 15) is 13.2 Å². The molecule has 0 saturated carbocycles. The summed E-state index contributed by atoms with van der Waals surface area (Å²) in [4.78, 5) is 20.0. The Bertz CT molecular complexity index is 1200. The van der Waals surface area contributed by atoms with Crippen molar-refractivity contribution in [3.63, 3.8) is 0 Å². The lowest BCUT2D eigenvalue weighted by Gasteiger charge is -2.26. The predicted molar refractivity (Wildman–Crippen MR) is 127 cm³/mol. The van der Waals surface area contributed by atoms with E-state index >= 15 is 0 Å². The van der Waals surface area contributed by atoms with Gasteiger partial charge in [-0.1, -0.05) is 18.2 Å². The van der Waals surface area contributed by atoms with E-state index in [0.717, 1.165) is 54.0 Å². The topological polar surface area (TPSA) is 79.4 Å². The number of aromatic nitrogens is 1. The molecule has 1 N–H and O–H groups in total. The molecule has 0 aliphatic carbocycles. The zero-order valence-electron chi connectivity index (χ0n) is 17.8. The van der Waals surface area contributed by atoms with Gasteiger partial charge in [-0.2, -0.15) is 0 Å². The lowest BCUT2D eigenvalue weighted by atomic mass is 10.1. The highest BCUT2D eigenvalue weighted by Crippen LogP contribution is 2.35. The molecule has 0 atom stereocenters. The third kappa shape index (κ3) is 4.53. The van der Waals surface area contributed by atoms with Gasteiger partial charge in [0.25, 0.3) is 15.9 Å². The van der Waals surface area contributed by atoms with Gasteiger partial charge >= 0.3 is 0 Å². The van der Waals surface area contributed by atoms with Crippen LogP contribution in [-0.2, 0) is 10.0 Å². The average Bonchev–Trinajstić information content (AvgIpc) is 3.38. The van der Waals surface area contributed by atoms with E-state index in [2.05, 4.69) is 9.71 Å². The number of aryl methyl sites for hydroxylation is 3. The maximum absolute atomic E-state index is 13.0. The summed E-state index contributed by atoms with van der Waals surface area (Å²) in [5, 5.41) is 2.45. The second-order valence-electron chi connectivity index (χ2n) is 7.81. The number of hydrogen-bond acceptors (Lipinski definition) is 6. The number of sulfonamides is 1. The maximum atomic E-state index is 13.0. The van der Waals surface area contributed by atoms with Crippen molar-refractivity contribution in [2.75, 3.05) is 17.8 Å². The van der Waals surface area contributed by atoms with E-state index < -0.39 is 10.0 Å². The van der Waals surface area contributed by atoms with Crippen LogP contribution in [0.3, 0.4) is 0 Å². The number of rotatable bonds is 5. The summed E-state index contributed by atoms with van der Waals surface area (Å²) >= 11 is 2.49. The van der Waals surface area contributed by atoms with Crippen molar-refractivity contribution in [3.05, 3.63) is 51.3 Å². The smallest absolute Gasteiger partial charge is 0.271 e. The SMILES string of the molecule is Cc1cccc(C)c1NS(=O)(=O)c1cc(-c2nc(C)c(C(=O)N3CCCCC3)s2)cs1. The Morgan fingerprint density at radius 1 is 1.10 bits per heavy atom. The summed E-state index contributed by atoms with van der Waals surface area (Å²) in [5.41, 5.74) is 3.77. The minimum absolute atomic E-state index is 0.0284. The van der Waals surface area contributed by atoms with Gasteiger partial charge in [0.15, 0.2) is 0 Å². The van der Waals surface area contributed by atoms with E-state index in [-0.39, 0.29) is 10.1 Å². The summed E-state index contributed by atoms with van der Waals surface area (Å²) < 4.78 is 28.9. The summed E-state index contributed by atoms with van der Waals surface area (Å²) in [5.74, 6) is 0.0284. The van der Waals surface area contributed by atoms with Crippen molar-refractivity contribution in [2.45, 2.75) is 44.2 Å². The van der Waals surface area contributed by atoms with Crippen LogP contribution in [0.2, 0.25) is 0 Å². The maximum Gasteiger partial charge on any atom is 0.271 e. The van der Waals surface area contributed by atoms with Crippen LogP contribution in [0.1, 0.15) is 45.8 Å². The number of anilines is 1. The molecule has 3 heterocycles. The van der Waals surface area contributed by atoms with Crippen LogP contribution in [0.25, 0.3) is 10.6 Å². The van der Waals surface area contributed by atoms with Gasteiger partial charge in [0.05, 0.1) is 11.4 Å². The van der Waals surface area contributed by atoms with Crippen molar-refractivity contribution in [3.8, 4) is 10.6 Å². The molecule has 3 aromatic rings. The van der Waals surface area contributed by atoms with Gasteiger partial charge in [0.2, 0.25) is 0 Å². The summed E-state index contributed by atoms with van der Waals surface area (Å²) in [6, 6.07) is 7.29. The molecule has 31 heavy (non-hydrogen) atoms. The Hall–Kier alpha value is -2.23. The normalized spacial score (nSPS) is 14.6. The number of thiophene rings is 1. The van der Waals surface area contributed by atoms with Crippen molar-refractivity contribution >= 4 is 44.3 Å². The number of nitrogens with zero attached hydrogens (tertiary/aromatic N) is 2. The van der Waals surface area contributed by atoms with Gasteiger partial charge in [-0.25, -0.2) is 13.4 Å². The van der Waals surface area contributed by atoms with Crippen LogP contribution in [-0.4, -0.2) is 37.3 Å². The van der Waals surface area contributed by atoms with Gasteiger partial charge in [-0.15, -0.1) is 22.7 Å². The summed E-state index contributed by atoms with van der Waals surface area (Å²) in [6.45, 7) is 7.17. The van der Waals surface area contributed by atoms with E-state index in [1.807, 2.05) is 43.9 Å². The lowest BCUT2D eigenvalue weighted by Crippen LogP contribution is -2.35. The predicted octanol–water partition coefficient (Wildman–Crippen LogP) is 5.22. The number of hydrogen-bond donors (Lipinski definition) is 1. The number of thiazole rings is 1. The highest BCUT2D eigenvalue weighted by molar-refractivity contribution is 7.94. The first-order valence-corrected chi connectivity index (χ1v) is 13.4. The molecule has 1 fully saturated rings. The van der Waals surface area contributed by atoms with Crippen LogP contribution < -0.4 is 4.72 Å². The van der Waals surface area contributed by atoms with E-state index in [1.165, 1.54) is 17.8 Å². The van der Waals surface area contributed by atoms with Gasteiger partial charge in [-0.05, 0) is 57.2 Å². The second kappa shape index (κ2) is 8.72. The molecular weight excluding hydrogens is 450 g/mol. The molecule has 0 radical (unpaired) electrons. The van der Waals surface area contributed by atoms with Gasteiger partial charge in [-0.3, -0.25) is 9.52 Å². The molecule has 164 valence electrons. The molecule has 2 aromatic heterocycles. The number of amides is 1. The zero-order chi connectivity index (χ0) is 22.2. The van der Waals surface area contributed by atoms with Crippen molar-refractivity contribution in [1.29, 1.82) is 0 Å². The summed E-state index contributed by atoms with van der Waals surface area (Å²) in [7, 11) is -3.71. The molecule has 1 aliphatic rings. The van der Waals surface area contributed by atoms with Crippen LogP contribution in [0.4, 0.5) is 5.69 Å². The quantitative estimate of drug-likeness (QED) is 0.548. The Balaban J connectivity index is 1.58. The molecule has 0 spiro atoms. The minimum atomic E-state index is -3.71. The highest BCUT2D eigenvalue weighted by Gasteiger charge is 2.25. The number of benzene rings is 1. The number of carbonyl (C=O) groups is 1. The Kier molecular flexibility index (Phi) is 6.18. The Morgan fingerprint density at radius 2 is 1.77 bits per heavy atom. The van der Waals surface area contributed by atoms with Crippen LogP contribution >= 0.6 is 22.7 Å². The molecule has 0 unspecified atom stereocenters. The number of carbonyl (C=O) groups excluding carboxylic acids is 1. The standard InChI is InChI=1S/C22H25N3O3S3/c1-14-8-7-9-15(2)19(14)24-31(27,28)18-12-17(13-29-18)21-23-16(3)20(30-21)22(26)25-10-5-4-6-11-25/h7-9,12-13,24H,4-6,10-11H2,1-3H3. The first kappa shape index (κ1) is 22.0. The van der Waals surface area contributed by atoms with Crippen molar-refractivity contribution < 1.29 is 13.2 Å². The van der Waals surface area contributed by atoms with Crippen molar-refractivity contribution in [2.24, 2.45) is 0 Å². The van der Waals surface area contributed by atoms with Gasteiger partial charge in [0.1, 0.15) is 14.1 Å². The first-order chi connectivity index (χ1) is 14.8.